The summed E-state index contributed by atoms with van der Waals surface area (Å²) in [7, 11) is 1.82. The van der Waals surface area contributed by atoms with Gasteiger partial charge in [-0.2, -0.15) is 0 Å². The second-order valence-electron chi connectivity index (χ2n) is 6.45. The molecule has 1 aromatic carbocycles. The first kappa shape index (κ1) is 15.2. The lowest BCUT2D eigenvalue weighted by atomic mass is 10.2. The van der Waals surface area contributed by atoms with Crippen LogP contribution in [0.25, 0.3) is 0 Å². The lowest BCUT2D eigenvalue weighted by Gasteiger charge is -2.14. The summed E-state index contributed by atoms with van der Waals surface area (Å²) < 4.78 is 5.95. The number of nitrogens with one attached hydrogen (secondary N) is 2. The van der Waals surface area contributed by atoms with Gasteiger partial charge in [0.15, 0.2) is 5.96 Å². The molecular formula is C18H27N3O. The van der Waals surface area contributed by atoms with Gasteiger partial charge >= 0.3 is 0 Å². The fourth-order valence-electron chi connectivity index (χ4n) is 2.48. The number of rotatable bonds is 8. The summed E-state index contributed by atoms with van der Waals surface area (Å²) in [6.45, 7) is 2.60. The van der Waals surface area contributed by atoms with Crippen molar-refractivity contribution < 1.29 is 4.74 Å². The molecule has 0 aromatic heterocycles. The van der Waals surface area contributed by atoms with Crippen LogP contribution in [0.15, 0.2) is 29.3 Å². The van der Waals surface area contributed by atoms with Crippen molar-refractivity contribution >= 4 is 5.96 Å². The maximum Gasteiger partial charge on any atom is 0.191 e. The highest BCUT2D eigenvalue weighted by molar-refractivity contribution is 5.79. The molecule has 0 amide bonds. The Bertz CT molecular complexity index is 507. The van der Waals surface area contributed by atoms with Crippen LogP contribution in [0.4, 0.5) is 0 Å². The van der Waals surface area contributed by atoms with Crippen LogP contribution in [0.3, 0.4) is 0 Å². The molecule has 120 valence electrons. The van der Waals surface area contributed by atoms with E-state index in [9.17, 15) is 0 Å². The molecule has 4 heteroatoms. The van der Waals surface area contributed by atoms with Gasteiger partial charge in [0.1, 0.15) is 5.75 Å². The minimum absolute atomic E-state index is 0.740. The van der Waals surface area contributed by atoms with Crippen molar-refractivity contribution in [2.45, 2.75) is 38.6 Å². The Balaban J connectivity index is 1.45. The molecule has 0 spiro atoms. The first-order valence-corrected chi connectivity index (χ1v) is 8.50. The molecule has 0 atom stereocenters. The van der Waals surface area contributed by atoms with Crippen LogP contribution in [-0.4, -0.2) is 26.2 Å². The quantitative estimate of drug-likeness (QED) is 0.573. The number of guanidine groups is 1. The highest BCUT2D eigenvalue weighted by atomic mass is 16.5. The van der Waals surface area contributed by atoms with E-state index in [2.05, 4.69) is 33.8 Å². The zero-order valence-corrected chi connectivity index (χ0v) is 13.5. The number of nitrogens with zero attached hydrogens (tertiary/aromatic N) is 1. The van der Waals surface area contributed by atoms with Crippen LogP contribution >= 0.6 is 0 Å². The minimum Gasteiger partial charge on any atom is -0.493 e. The van der Waals surface area contributed by atoms with Crippen LogP contribution < -0.4 is 15.4 Å². The van der Waals surface area contributed by atoms with Crippen LogP contribution in [0.2, 0.25) is 0 Å². The fraction of sp³-hybridized carbons (Fsp3) is 0.611. The molecule has 0 unspecified atom stereocenters. The van der Waals surface area contributed by atoms with Gasteiger partial charge in [-0.15, -0.1) is 0 Å². The average Bonchev–Trinajstić information content (AvgIpc) is 3.44. The van der Waals surface area contributed by atoms with Crippen molar-refractivity contribution in [1.82, 2.24) is 10.6 Å². The Labute approximate surface area is 133 Å². The minimum atomic E-state index is 0.740. The molecule has 4 nitrogen and oxygen atoms in total. The van der Waals surface area contributed by atoms with Crippen molar-refractivity contribution in [2.75, 3.05) is 20.2 Å². The number of ether oxygens (including phenoxy) is 1. The van der Waals surface area contributed by atoms with Gasteiger partial charge in [0.05, 0.1) is 6.61 Å². The number of para-hydroxylation sites is 1. The van der Waals surface area contributed by atoms with E-state index in [4.69, 9.17) is 4.74 Å². The molecule has 0 heterocycles. The molecule has 2 fully saturated rings. The summed E-state index contributed by atoms with van der Waals surface area (Å²) in [6, 6.07) is 8.27. The lowest BCUT2D eigenvalue weighted by Crippen LogP contribution is -2.37. The van der Waals surface area contributed by atoms with E-state index in [1.165, 1.54) is 37.7 Å². The Morgan fingerprint density at radius 1 is 1.14 bits per heavy atom. The summed E-state index contributed by atoms with van der Waals surface area (Å²) in [5, 5.41) is 6.77. The summed E-state index contributed by atoms with van der Waals surface area (Å²) in [4.78, 5) is 4.29. The van der Waals surface area contributed by atoms with Crippen molar-refractivity contribution in [3.8, 4) is 5.75 Å². The molecular weight excluding hydrogens is 274 g/mol. The van der Waals surface area contributed by atoms with E-state index >= 15 is 0 Å². The molecule has 1 aromatic rings. The standard InChI is InChI=1S/C18H27N3O/c1-19-18(20-11-10-14-6-7-14)21-12-16-4-2-3-5-17(16)22-13-15-8-9-15/h2-5,14-15H,6-13H2,1H3,(H2,19,20,21). The van der Waals surface area contributed by atoms with E-state index in [1.807, 2.05) is 13.1 Å². The first-order chi connectivity index (χ1) is 10.8. The van der Waals surface area contributed by atoms with Gasteiger partial charge in [0.2, 0.25) is 0 Å². The Hall–Kier alpha value is -1.71. The van der Waals surface area contributed by atoms with Crippen molar-refractivity contribution in [3.63, 3.8) is 0 Å². The third kappa shape index (κ3) is 4.93. The van der Waals surface area contributed by atoms with Gasteiger partial charge in [-0.1, -0.05) is 31.0 Å². The molecule has 2 aliphatic carbocycles. The van der Waals surface area contributed by atoms with Crippen LogP contribution in [0.5, 0.6) is 5.75 Å². The Morgan fingerprint density at radius 2 is 1.91 bits per heavy atom. The van der Waals surface area contributed by atoms with Gasteiger partial charge in [0, 0.05) is 25.7 Å². The molecule has 0 bridgehead atoms. The monoisotopic (exact) mass is 301 g/mol. The molecule has 0 aliphatic heterocycles. The summed E-state index contributed by atoms with van der Waals surface area (Å²) >= 11 is 0. The predicted molar refractivity (Wildman–Crippen MR) is 90.2 cm³/mol. The van der Waals surface area contributed by atoms with Crippen molar-refractivity contribution in [1.29, 1.82) is 0 Å². The summed E-state index contributed by atoms with van der Waals surface area (Å²) in [6.07, 6.45) is 6.69. The molecule has 22 heavy (non-hydrogen) atoms. The van der Waals surface area contributed by atoms with Crippen LogP contribution in [0, 0.1) is 11.8 Å². The smallest absolute Gasteiger partial charge is 0.191 e. The molecule has 2 saturated carbocycles. The van der Waals surface area contributed by atoms with Gasteiger partial charge in [-0.25, -0.2) is 0 Å². The lowest BCUT2D eigenvalue weighted by molar-refractivity contribution is 0.296. The normalized spacial score (nSPS) is 18.1. The topological polar surface area (TPSA) is 45.7 Å². The largest absolute Gasteiger partial charge is 0.493 e. The highest BCUT2D eigenvalue weighted by Gasteiger charge is 2.22. The summed E-state index contributed by atoms with van der Waals surface area (Å²) in [5.74, 6) is 3.59. The number of aliphatic imine (C=N–C) groups is 1. The van der Waals surface area contributed by atoms with E-state index in [1.54, 1.807) is 0 Å². The maximum atomic E-state index is 5.95. The number of hydrogen-bond acceptors (Lipinski definition) is 2. The maximum absolute atomic E-state index is 5.95. The van der Waals surface area contributed by atoms with E-state index in [0.717, 1.165) is 43.2 Å². The fourth-order valence-corrected chi connectivity index (χ4v) is 2.48. The molecule has 0 radical (unpaired) electrons. The van der Waals surface area contributed by atoms with Crippen LogP contribution in [0.1, 0.15) is 37.7 Å². The van der Waals surface area contributed by atoms with E-state index < -0.39 is 0 Å². The zero-order valence-electron chi connectivity index (χ0n) is 13.5. The van der Waals surface area contributed by atoms with Gasteiger partial charge in [-0.3, -0.25) is 4.99 Å². The van der Waals surface area contributed by atoms with Gasteiger partial charge < -0.3 is 15.4 Å². The second-order valence-corrected chi connectivity index (χ2v) is 6.45. The SMILES string of the molecule is CN=C(NCCC1CC1)NCc1ccccc1OCC1CC1. The van der Waals surface area contributed by atoms with E-state index in [0.29, 0.717) is 0 Å². The third-order valence-corrected chi connectivity index (χ3v) is 4.36. The van der Waals surface area contributed by atoms with Gasteiger partial charge in [-0.05, 0) is 37.2 Å². The van der Waals surface area contributed by atoms with Crippen LogP contribution in [-0.2, 0) is 6.54 Å². The predicted octanol–water partition coefficient (Wildman–Crippen LogP) is 2.94. The first-order valence-electron chi connectivity index (χ1n) is 8.50. The number of hydrogen-bond donors (Lipinski definition) is 2. The molecule has 3 rings (SSSR count). The summed E-state index contributed by atoms with van der Waals surface area (Å²) in [5.41, 5.74) is 1.19. The van der Waals surface area contributed by atoms with Crippen molar-refractivity contribution in [2.24, 2.45) is 16.8 Å². The average molecular weight is 301 g/mol. The molecule has 2 aliphatic rings. The molecule has 2 N–H and O–H groups in total. The third-order valence-electron chi connectivity index (χ3n) is 4.36. The second kappa shape index (κ2) is 7.52. The number of benzene rings is 1. The molecule has 0 saturated heterocycles. The van der Waals surface area contributed by atoms with Gasteiger partial charge in [0.25, 0.3) is 0 Å². The highest BCUT2D eigenvalue weighted by Crippen LogP contribution is 2.31. The Morgan fingerprint density at radius 3 is 2.64 bits per heavy atom. The Kier molecular flexibility index (Phi) is 5.20. The van der Waals surface area contributed by atoms with E-state index in [-0.39, 0.29) is 0 Å². The zero-order chi connectivity index (χ0) is 15.2. The van der Waals surface area contributed by atoms with Crippen molar-refractivity contribution in [3.05, 3.63) is 29.8 Å².